The summed E-state index contributed by atoms with van der Waals surface area (Å²) in [6.07, 6.45) is 1.13. The number of nitrogens with two attached hydrogens (primary N) is 2. The average Bonchev–Trinajstić information content (AvgIpc) is 4.03. The van der Waals surface area contributed by atoms with Crippen molar-refractivity contribution in [3.05, 3.63) is 65.9 Å². The van der Waals surface area contributed by atoms with Crippen molar-refractivity contribution in [2.75, 3.05) is 24.6 Å². The van der Waals surface area contributed by atoms with Gasteiger partial charge in [0, 0.05) is 42.5 Å². The molecule has 1 aromatic rings. The predicted molar refractivity (Wildman–Crippen MR) is 292 cm³/mol. The molecule has 0 radical (unpaired) electrons. The number of benzene rings is 1. The molecule has 1 aliphatic carbocycles. The third-order valence-corrected chi connectivity index (χ3v) is 17.4. The molecule has 4 aliphatic rings. The van der Waals surface area contributed by atoms with Crippen molar-refractivity contribution in [3.8, 4) is 5.75 Å². The number of amides is 1. The van der Waals surface area contributed by atoms with Crippen LogP contribution in [-0.2, 0) is 11.2 Å². The van der Waals surface area contributed by atoms with Crippen molar-refractivity contribution in [1.82, 2.24) is 47.4 Å². The third kappa shape index (κ3) is 19.7. The van der Waals surface area contributed by atoms with Crippen LogP contribution in [0.25, 0.3) is 0 Å². The monoisotopic (exact) mass is 1100 g/mol. The van der Waals surface area contributed by atoms with Crippen molar-refractivity contribution < 1.29 is 55.9 Å². The Bertz CT molecular complexity index is 1930. The fraction of sp³-hybridized carbons (Fsp3) is 0.745. The van der Waals surface area contributed by atoms with Gasteiger partial charge >= 0.3 is 0 Å². The SMILES string of the molecule is CCC(C)[C@H](N[C@@H](O)[C@H](CC1=CNC2C=CC=CC12)N[C@H](O)[C@@H]1CSSC[C@H](C)[C@@H](O)N2CCC[C@H]2[C@H](O)N[C@@H](Cc2ccc(O)cc2)[C@@H](O)NC[C@@H](O)N[C@@H](CC(C)C)[C@H](O)N1)C(=O)N[C@@H](CC[C@H](N)O)[C@@H](N)O. The minimum Gasteiger partial charge on any atom is -0.508 e. The fourth-order valence-corrected chi connectivity index (χ4v) is 12.8. The van der Waals surface area contributed by atoms with Crippen LogP contribution in [0.15, 0.2) is 60.3 Å². The lowest BCUT2D eigenvalue weighted by atomic mass is 9.87. The van der Waals surface area contributed by atoms with Crippen molar-refractivity contribution in [3.63, 3.8) is 0 Å². The number of aliphatic hydroxyl groups is 9. The van der Waals surface area contributed by atoms with Crippen LogP contribution in [0.3, 0.4) is 0 Å². The number of nitrogens with zero attached hydrogens (tertiary/aromatic N) is 1. The molecule has 2 fully saturated rings. The zero-order valence-corrected chi connectivity index (χ0v) is 45.7. The molecule has 0 spiro atoms. The van der Waals surface area contributed by atoms with E-state index in [1.165, 1.54) is 33.7 Å². The second kappa shape index (κ2) is 31.3. The number of hydrogen-bond donors (Lipinski definition) is 20. The molecule has 3 aliphatic heterocycles. The summed E-state index contributed by atoms with van der Waals surface area (Å²) in [5.41, 5.74) is 13.1. The maximum Gasteiger partial charge on any atom is 0.237 e. The summed E-state index contributed by atoms with van der Waals surface area (Å²) in [5, 5.41) is 138. The summed E-state index contributed by atoms with van der Waals surface area (Å²) in [4.78, 5) is 15.9. The lowest BCUT2D eigenvalue weighted by molar-refractivity contribution is -0.127. The molecule has 3 unspecified atom stereocenters. The van der Waals surface area contributed by atoms with Crippen LogP contribution in [0.2, 0.25) is 0 Å². The van der Waals surface area contributed by atoms with E-state index in [4.69, 9.17) is 11.5 Å². The van der Waals surface area contributed by atoms with E-state index in [1.54, 1.807) is 12.1 Å². The summed E-state index contributed by atoms with van der Waals surface area (Å²) in [6, 6.07) is 0.654. The quantitative estimate of drug-likeness (QED) is 0.0493. The van der Waals surface area contributed by atoms with E-state index >= 15 is 0 Å². The molecule has 20 atom stereocenters. The molecule has 0 saturated carbocycles. The highest BCUT2D eigenvalue weighted by Crippen LogP contribution is 2.33. The van der Waals surface area contributed by atoms with E-state index in [2.05, 4.69) is 48.6 Å². The Labute approximate surface area is 450 Å². The number of rotatable bonds is 20. The summed E-state index contributed by atoms with van der Waals surface area (Å²) in [6.45, 7) is 9.96. The molecule has 1 aromatic carbocycles. The average molecular weight is 1100 g/mol. The fourth-order valence-electron chi connectivity index (χ4n) is 10.1. The van der Waals surface area contributed by atoms with Gasteiger partial charge in [-0.3, -0.25) is 41.6 Å². The van der Waals surface area contributed by atoms with Gasteiger partial charge in [-0.1, -0.05) is 99.1 Å². The van der Waals surface area contributed by atoms with Gasteiger partial charge in [-0.25, -0.2) is 0 Å². The van der Waals surface area contributed by atoms with E-state index in [9.17, 15) is 55.9 Å². The van der Waals surface area contributed by atoms with Crippen molar-refractivity contribution in [1.29, 1.82) is 0 Å². The molecule has 22 N–H and O–H groups in total. The summed E-state index contributed by atoms with van der Waals surface area (Å²) >= 11 is 0. The predicted octanol–water partition coefficient (Wildman–Crippen LogP) is -2.06. The molecule has 22 nitrogen and oxygen atoms in total. The number of carbonyl (C=O) groups excluding carboxylic acids is 1. The van der Waals surface area contributed by atoms with Gasteiger partial charge in [0.25, 0.3) is 0 Å². The second-order valence-electron chi connectivity index (χ2n) is 21.3. The van der Waals surface area contributed by atoms with E-state index < -0.39 is 104 Å². The first-order valence-corrected chi connectivity index (χ1v) is 29.2. The molecular weight excluding hydrogens is 1010 g/mol. The van der Waals surface area contributed by atoms with E-state index in [1.807, 2.05) is 63.9 Å². The number of fused-ring (bicyclic) bond motifs is 2. The smallest absolute Gasteiger partial charge is 0.237 e. The summed E-state index contributed by atoms with van der Waals surface area (Å²) in [7, 11) is 2.88. The number of allylic oxidation sites excluding steroid dienone is 2. The van der Waals surface area contributed by atoms with Gasteiger partial charge in [-0.15, -0.1) is 0 Å². The Kier molecular flexibility index (Phi) is 26.4. The molecule has 1 amide bonds. The van der Waals surface area contributed by atoms with Crippen LogP contribution in [0, 0.1) is 23.7 Å². The standard InChI is InChI=1S/C51H91N11O11S2/c1-6-28(4)43(50(72)57-35(44(53)66)17-18-41(52)64)61-47(69)38(22-31-23-54-34-11-8-7-10-33(31)34)58-48(70)39-26-75-74-25-29(5)51(73)62-19-9-12-40(62)49(71)59-37(21-30-13-15-32(63)16-14-30)45(67)55-24-42(65)56-36(20-27(2)3)46(68)60-39/h7-8,10-11,13-16,23,27-29,33-49,51,54-56,58-61,63-71,73H,6,9,12,17-22,24-26,52-53H2,1-5H3,(H,57,72)/t28?,29-,33?,34?,35-,36-,37-,38-,39-,40-,41+,42+,43-,44-,45+,46-,47-,48+,49-,51+/m0/s1. The van der Waals surface area contributed by atoms with Crippen molar-refractivity contribution in [2.24, 2.45) is 35.1 Å². The Morgan fingerprint density at radius 1 is 0.867 bits per heavy atom. The van der Waals surface area contributed by atoms with Gasteiger partial charge in [0.1, 0.15) is 61.8 Å². The maximum atomic E-state index is 14.0. The van der Waals surface area contributed by atoms with Crippen LogP contribution < -0.4 is 54.0 Å². The molecule has 2 saturated heterocycles. The molecule has 3 heterocycles. The van der Waals surface area contributed by atoms with E-state index in [-0.39, 0.29) is 73.4 Å². The van der Waals surface area contributed by atoms with Gasteiger partial charge < -0.3 is 73.2 Å². The Morgan fingerprint density at radius 3 is 2.25 bits per heavy atom. The molecule has 75 heavy (non-hydrogen) atoms. The number of hydrogen-bond acceptors (Lipinski definition) is 23. The van der Waals surface area contributed by atoms with Gasteiger partial charge in [0.05, 0.1) is 42.3 Å². The van der Waals surface area contributed by atoms with Gasteiger partial charge in [-0.05, 0) is 86.3 Å². The largest absolute Gasteiger partial charge is 0.508 e. The summed E-state index contributed by atoms with van der Waals surface area (Å²) in [5.74, 6) is -0.427. The van der Waals surface area contributed by atoms with Crippen LogP contribution in [0.4, 0.5) is 0 Å². The highest BCUT2D eigenvalue weighted by molar-refractivity contribution is 8.76. The number of phenolic OH excluding ortho intramolecular Hbond substituents is 1. The van der Waals surface area contributed by atoms with Gasteiger partial charge in [0.15, 0.2) is 0 Å². The Balaban J connectivity index is 1.42. The first-order chi connectivity index (χ1) is 35.6. The summed E-state index contributed by atoms with van der Waals surface area (Å²) < 4.78 is 0. The number of β-amino-alcohol motifs (C(OH)–C–C–N with tert-alkyl or cyclic N) is 1. The number of carbonyl (C=O) groups is 1. The van der Waals surface area contributed by atoms with Gasteiger partial charge in [0.2, 0.25) is 5.91 Å². The number of aromatic hydroxyl groups is 1. The van der Waals surface area contributed by atoms with E-state index in [0.717, 1.165) is 17.6 Å². The molecular formula is C51H91N11O11S2. The van der Waals surface area contributed by atoms with Crippen LogP contribution in [0.5, 0.6) is 5.75 Å². The van der Waals surface area contributed by atoms with E-state index in [0.29, 0.717) is 31.6 Å². The molecule has 0 aromatic heterocycles. The van der Waals surface area contributed by atoms with Crippen molar-refractivity contribution in [2.45, 2.75) is 190 Å². The van der Waals surface area contributed by atoms with Crippen molar-refractivity contribution >= 4 is 27.5 Å². The lowest BCUT2D eigenvalue weighted by Crippen LogP contribution is -2.64. The topological polar surface area (TPSA) is 371 Å². The van der Waals surface area contributed by atoms with Gasteiger partial charge in [-0.2, -0.15) is 0 Å². The normalized spacial score (nSPS) is 32.9. The number of phenols is 1. The molecule has 5 rings (SSSR count). The van der Waals surface area contributed by atoms with Crippen LogP contribution in [0.1, 0.15) is 85.1 Å². The Hall–Kier alpha value is -2.51. The van der Waals surface area contributed by atoms with Crippen LogP contribution >= 0.6 is 21.6 Å². The zero-order valence-electron chi connectivity index (χ0n) is 44.1. The first kappa shape index (κ1) is 63.3. The second-order valence-corrected chi connectivity index (χ2v) is 23.9. The third-order valence-electron chi connectivity index (χ3n) is 14.8. The first-order valence-electron chi connectivity index (χ1n) is 26.7. The minimum absolute atomic E-state index is 0.0167. The molecule has 428 valence electrons. The van der Waals surface area contributed by atoms with Crippen LogP contribution in [-0.4, -0.2) is 191 Å². The number of nitrogens with one attached hydrogen (secondary N) is 8. The molecule has 0 bridgehead atoms. The zero-order chi connectivity index (χ0) is 54.9. The maximum absolute atomic E-state index is 14.0. The highest BCUT2D eigenvalue weighted by Gasteiger charge is 2.40. The Morgan fingerprint density at radius 2 is 1.57 bits per heavy atom. The highest BCUT2D eigenvalue weighted by atomic mass is 33.1. The molecule has 24 heteroatoms. The number of aliphatic hydroxyl groups excluding tert-OH is 9. The lowest BCUT2D eigenvalue weighted by Gasteiger charge is -2.38. The minimum atomic E-state index is -1.46.